The molecule has 0 N–H and O–H groups in total. The van der Waals surface area contributed by atoms with E-state index in [4.69, 9.17) is 0 Å². The second kappa shape index (κ2) is 1.80. The molecular formula is C7H5FN2. The molecule has 0 fully saturated rings. The number of hydrogen-bond acceptors (Lipinski definition) is 1. The standard InChI is InChI=1S/C7H5FN2/c8-10-4-2-6-1-3-9-5-7(6)10/h1-5H. The number of halogens is 1. The van der Waals surface area contributed by atoms with Gasteiger partial charge >= 0.3 is 0 Å². The van der Waals surface area contributed by atoms with Crippen LogP contribution in [0.4, 0.5) is 4.48 Å². The lowest BCUT2D eigenvalue weighted by molar-refractivity contribution is 0.388. The SMILES string of the molecule is Fn1ccc2ccncc21. The molecule has 0 saturated carbocycles. The van der Waals surface area contributed by atoms with Crippen LogP contribution >= 0.6 is 0 Å². The van der Waals surface area contributed by atoms with E-state index >= 15 is 0 Å². The van der Waals surface area contributed by atoms with E-state index in [-0.39, 0.29) is 0 Å². The summed E-state index contributed by atoms with van der Waals surface area (Å²) in [7, 11) is 0. The summed E-state index contributed by atoms with van der Waals surface area (Å²) < 4.78 is 12.6. The van der Waals surface area contributed by atoms with Crippen LogP contribution in [-0.4, -0.2) is 9.77 Å². The van der Waals surface area contributed by atoms with Crippen molar-refractivity contribution in [3.05, 3.63) is 30.7 Å². The van der Waals surface area contributed by atoms with Gasteiger partial charge in [0.05, 0.1) is 11.7 Å². The molecule has 0 saturated heterocycles. The van der Waals surface area contributed by atoms with Crippen molar-refractivity contribution in [2.45, 2.75) is 0 Å². The predicted molar refractivity (Wildman–Crippen MR) is 36.2 cm³/mol. The van der Waals surface area contributed by atoms with Gasteiger partial charge in [0.15, 0.2) is 0 Å². The fourth-order valence-corrected chi connectivity index (χ4v) is 0.942. The summed E-state index contributed by atoms with van der Waals surface area (Å²) >= 11 is 0. The Morgan fingerprint density at radius 2 is 2.30 bits per heavy atom. The second-order valence-corrected chi connectivity index (χ2v) is 2.06. The molecule has 2 rings (SSSR count). The number of nitrogens with zero attached hydrogens (tertiary/aromatic N) is 2. The molecule has 0 atom stereocenters. The van der Waals surface area contributed by atoms with E-state index < -0.39 is 0 Å². The van der Waals surface area contributed by atoms with Gasteiger partial charge in [0, 0.05) is 17.8 Å². The molecule has 0 spiro atoms. The molecule has 0 unspecified atom stereocenters. The Balaban J connectivity index is 2.93. The summed E-state index contributed by atoms with van der Waals surface area (Å²) in [6.45, 7) is 0. The Labute approximate surface area is 56.9 Å². The van der Waals surface area contributed by atoms with Crippen LogP contribution in [0.5, 0.6) is 0 Å². The molecule has 0 aliphatic heterocycles. The maximum Gasteiger partial charge on any atom is 0.0995 e. The molecule has 0 bridgehead atoms. The van der Waals surface area contributed by atoms with Gasteiger partial charge in [0.2, 0.25) is 0 Å². The van der Waals surface area contributed by atoms with Gasteiger partial charge < -0.3 is 0 Å². The van der Waals surface area contributed by atoms with Crippen molar-refractivity contribution in [3.63, 3.8) is 0 Å². The Hall–Kier alpha value is -1.38. The minimum atomic E-state index is 0.516. The van der Waals surface area contributed by atoms with Gasteiger partial charge in [0.25, 0.3) is 0 Å². The van der Waals surface area contributed by atoms with Crippen LogP contribution in [0.2, 0.25) is 0 Å². The number of pyridine rings is 1. The maximum absolute atomic E-state index is 12.6. The molecule has 0 aromatic carbocycles. The summed E-state index contributed by atoms with van der Waals surface area (Å²) in [5.74, 6) is 0. The van der Waals surface area contributed by atoms with Crippen LogP contribution in [0, 0.1) is 0 Å². The van der Waals surface area contributed by atoms with E-state index in [1.165, 1.54) is 12.4 Å². The van der Waals surface area contributed by atoms with Crippen molar-refractivity contribution in [1.82, 2.24) is 9.77 Å². The molecule has 0 amide bonds. The molecule has 0 aliphatic rings. The average Bonchev–Trinajstić information content (AvgIpc) is 2.34. The van der Waals surface area contributed by atoms with Crippen molar-refractivity contribution in [2.24, 2.45) is 0 Å². The quantitative estimate of drug-likeness (QED) is 0.539. The zero-order valence-electron chi connectivity index (χ0n) is 5.16. The minimum Gasteiger partial charge on any atom is -0.262 e. The highest BCUT2D eigenvalue weighted by atomic mass is 19.2. The number of fused-ring (bicyclic) bond motifs is 1. The van der Waals surface area contributed by atoms with Crippen molar-refractivity contribution >= 4 is 10.9 Å². The van der Waals surface area contributed by atoms with Crippen molar-refractivity contribution in [2.75, 3.05) is 0 Å². The van der Waals surface area contributed by atoms with Crippen LogP contribution in [0.15, 0.2) is 30.7 Å². The van der Waals surface area contributed by atoms with Crippen LogP contribution in [0.25, 0.3) is 10.9 Å². The maximum atomic E-state index is 12.6. The first-order valence-corrected chi connectivity index (χ1v) is 2.95. The van der Waals surface area contributed by atoms with Crippen LogP contribution in [0.3, 0.4) is 0 Å². The molecule has 50 valence electrons. The molecule has 2 heterocycles. The number of hydrogen-bond donors (Lipinski definition) is 0. The van der Waals surface area contributed by atoms with Crippen molar-refractivity contribution < 1.29 is 4.48 Å². The number of aromatic nitrogens is 2. The molecule has 2 aromatic heterocycles. The summed E-state index contributed by atoms with van der Waals surface area (Å²) in [5.41, 5.74) is 0.516. The molecule has 0 aliphatic carbocycles. The van der Waals surface area contributed by atoms with Gasteiger partial charge in [-0.2, -0.15) is 4.79 Å². The summed E-state index contributed by atoms with van der Waals surface area (Å²) in [6.07, 6.45) is 4.50. The minimum absolute atomic E-state index is 0.516. The van der Waals surface area contributed by atoms with Crippen LogP contribution in [0.1, 0.15) is 0 Å². The first-order chi connectivity index (χ1) is 4.88. The largest absolute Gasteiger partial charge is 0.262 e. The Morgan fingerprint density at radius 3 is 3.10 bits per heavy atom. The Kier molecular flexibility index (Phi) is 0.974. The topological polar surface area (TPSA) is 17.8 Å². The van der Waals surface area contributed by atoms with E-state index in [1.54, 1.807) is 18.3 Å². The highest BCUT2D eigenvalue weighted by Gasteiger charge is 1.96. The van der Waals surface area contributed by atoms with Crippen molar-refractivity contribution in [3.8, 4) is 0 Å². The lowest BCUT2D eigenvalue weighted by Gasteiger charge is -1.87. The first kappa shape index (κ1) is 5.41. The highest BCUT2D eigenvalue weighted by molar-refractivity contribution is 5.78. The van der Waals surface area contributed by atoms with Gasteiger partial charge in [-0.05, 0) is 12.1 Å². The average molecular weight is 136 g/mol. The van der Waals surface area contributed by atoms with Gasteiger partial charge in [-0.3, -0.25) is 4.98 Å². The summed E-state index contributed by atoms with van der Waals surface area (Å²) in [5, 5.41) is 0.873. The summed E-state index contributed by atoms with van der Waals surface area (Å²) in [4.78, 5) is 4.34. The van der Waals surface area contributed by atoms with E-state index in [1.807, 2.05) is 0 Å². The third kappa shape index (κ3) is 0.603. The first-order valence-electron chi connectivity index (χ1n) is 2.95. The van der Waals surface area contributed by atoms with Gasteiger partial charge in [-0.15, -0.1) is 0 Å². The molecule has 10 heavy (non-hydrogen) atoms. The Bertz CT molecular complexity index is 353. The predicted octanol–water partition coefficient (Wildman–Crippen LogP) is 1.77. The third-order valence-corrected chi connectivity index (χ3v) is 1.45. The van der Waals surface area contributed by atoms with E-state index in [0.717, 1.165) is 5.39 Å². The van der Waals surface area contributed by atoms with Crippen LogP contribution < -0.4 is 0 Å². The van der Waals surface area contributed by atoms with E-state index in [2.05, 4.69) is 4.98 Å². The lowest BCUT2D eigenvalue weighted by Crippen LogP contribution is -1.77. The van der Waals surface area contributed by atoms with Crippen molar-refractivity contribution in [1.29, 1.82) is 0 Å². The summed E-state index contributed by atoms with van der Waals surface area (Å²) in [6, 6.07) is 3.47. The molecule has 2 nitrogen and oxygen atoms in total. The van der Waals surface area contributed by atoms with E-state index in [0.29, 0.717) is 10.3 Å². The fourth-order valence-electron chi connectivity index (χ4n) is 0.942. The zero-order valence-corrected chi connectivity index (χ0v) is 5.16. The zero-order chi connectivity index (χ0) is 6.97. The third-order valence-electron chi connectivity index (χ3n) is 1.45. The van der Waals surface area contributed by atoms with Gasteiger partial charge in [-0.1, -0.05) is 4.48 Å². The van der Waals surface area contributed by atoms with E-state index in [9.17, 15) is 4.48 Å². The monoisotopic (exact) mass is 136 g/mol. The second-order valence-electron chi connectivity index (χ2n) is 2.06. The number of rotatable bonds is 0. The van der Waals surface area contributed by atoms with Gasteiger partial charge in [0.1, 0.15) is 0 Å². The molecular weight excluding hydrogens is 131 g/mol. The van der Waals surface area contributed by atoms with Crippen LogP contribution in [-0.2, 0) is 0 Å². The lowest BCUT2D eigenvalue weighted by atomic mass is 10.3. The van der Waals surface area contributed by atoms with Gasteiger partial charge in [-0.25, -0.2) is 0 Å². The molecule has 3 heteroatoms. The normalized spacial score (nSPS) is 10.5. The molecule has 2 aromatic rings. The highest BCUT2D eigenvalue weighted by Crippen LogP contribution is 2.12. The Morgan fingerprint density at radius 1 is 1.40 bits per heavy atom. The fraction of sp³-hybridized carbons (Fsp3) is 0. The smallest absolute Gasteiger partial charge is 0.0995 e. The molecule has 0 radical (unpaired) electrons.